The van der Waals surface area contributed by atoms with Crippen LogP contribution in [0.2, 0.25) is 0 Å². The van der Waals surface area contributed by atoms with Gasteiger partial charge in [-0.05, 0) is 29.9 Å². The number of nitrogen functional groups attached to an aromatic ring is 1. The number of rotatable bonds is 5. The molecule has 2 N–H and O–H groups in total. The van der Waals surface area contributed by atoms with Gasteiger partial charge in [0.25, 0.3) is 5.56 Å². The summed E-state index contributed by atoms with van der Waals surface area (Å²) in [5.41, 5.74) is 1.50. The largest absolute Gasteiger partial charge is 0.334 e. The number of nitrogens with two attached hydrogens (primary N) is 1. The maximum absolute atomic E-state index is 13.0. The molecule has 0 saturated carbocycles. The summed E-state index contributed by atoms with van der Waals surface area (Å²) in [6.07, 6.45) is 1.99. The summed E-state index contributed by atoms with van der Waals surface area (Å²) in [4.78, 5) is 34.3. The third kappa shape index (κ3) is 3.77. The molecule has 1 saturated heterocycles. The Bertz CT molecular complexity index is 1280. The zero-order valence-corrected chi connectivity index (χ0v) is 19.0. The molecule has 0 spiro atoms. The van der Waals surface area contributed by atoms with Crippen molar-refractivity contribution in [3.63, 3.8) is 0 Å². The first kappa shape index (κ1) is 20.3. The Morgan fingerprint density at radius 1 is 1.19 bits per heavy atom. The van der Waals surface area contributed by atoms with Gasteiger partial charge in [0.1, 0.15) is 4.83 Å². The molecule has 0 radical (unpaired) electrons. The van der Waals surface area contributed by atoms with Crippen LogP contribution in [-0.4, -0.2) is 32.8 Å². The number of nitrogens with zero attached hydrogens (tertiary/aromatic N) is 3. The number of carbonyl (C=O) groups is 1. The molecule has 1 aliphatic rings. The van der Waals surface area contributed by atoms with Gasteiger partial charge in [-0.2, -0.15) is 0 Å². The van der Waals surface area contributed by atoms with Crippen LogP contribution in [0.15, 0.2) is 63.2 Å². The van der Waals surface area contributed by atoms with E-state index >= 15 is 0 Å². The average molecular weight is 469 g/mol. The lowest BCUT2D eigenvalue weighted by Gasteiger charge is -2.23. The van der Waals surface area contributed by atoms with Crippen molar-refractivity contribution in [2.75, 3.05) is 18.1 Å². The summed E-state index contributed by atoms with van der Waals surface area (Å²) in [5, 5.41) is 4.86. The zero-order chi connectivity index (χ0) is 21.4. The molecule has 1 amide bonds. The highest BCUT2D eigenvalue weighted by Gasteiger charge is 2.30. The standard InChI is InChI=1S/C22H20N4O2S3/c23-26-21(28)19-15(14-6-2-1-3-7-14)12-30-20(19)24-22(26)31-13-18(27)25-10-4-8-16(25)17-9-5-11-29-17/h1-3,5-7,9,11-12,16H,4,8,10,13,23H2. The van der Waals surface area contributed by atoms with Crippen LogP contribution >= 0.6 is 34.4 Å². The predicted octanol–water partition coefficient (Wildman–Crippen LogP) is 4.36. The lowest BCUT2D eigenvalue weighted by atomic mass is 10.1. The van der Waals surface area contributed by atoms with Crippen molar-refractivity contribution in [2.24, 2.45) is 0 Å². The molecule has 158 valence electrons. The maximum atomic E-state index is 13.0. The highest BCUT2D eigenvalue weighted by Crippen LogP contribution is 2.35. The van der Waals surface area contributed by atoms with Crippen LogP contribution in [0.3, 0.4) is 0 Å². The van der Waals surface area contributed by atoms with Crippen LogP contribution in [0.5, 0.6) is 0 Å². The second-order valence-electron chi connectivity index (χ2n) is 7.31. The van der Waals surface area contributed by atoms with Crippen LogP contribution in [0, 0.1) is 0 Å². The zero-order valence-electron chi connectivity index (χ0n) is 16.6. The molecule has 6 nitrogen and oxygen atoms in total. The van der Waals surface area contributed by atoms with Crippen molar-refractivity contribution < 1.29 is 4.79 Å². The molecule has 0 aliphatic carbocycles. The minimum Gasteiger partial charge on any atom is -0.334 e. The fourth-order valence-electron chi connectivity index (χ4n) is 3.97. The van der Waals surface area contributed by atoms with E-state index in [1.165, 1.54) is 28.0 Å². The molecule has 1 unspecified atom stereocenters. The molecule has 1 fully saturated rings. The van der Waals surface area contributed by atoms with Crippen LogP contribution < -0.4 is 11.4 Å². The van der Waals surface area contributed by atoms with Gasteiger partial charge in [0, 0.05) is 22.4 Å². The Labute approximate surface area is 191 Å². The van der Waals surface area contributed by atoms with E-state index in [1.807, 2.05) is 52.1 Å². The van der Waals surface area contributed by atoms with Gasteiger partial charge in [-0.3, -0.25) is 9.59 Å². The fraction of sp³-hybridized carbons (Fsp3) is 0.227. The molecular weight excluding hydrogens is 448 g/mol. The third-order valence-electron chi connectivity index (χ3n) is 5.46. The molecule has 1 atom stereocenters. The molecule has 4 aromatic rings. The van der Waals surface area contributed by atoms with E-state index in [9.17, 15) is 9.59 Å². The number of amides is 1. The van der Waals surface area contributed by atoms with Crippen molar-refractivity contribution in [1.29, 1.82) is 0 Å². The number of fused-ring (bicyclic) bond motifs is 1. The maximum Gasteiger partial charge on any atom is 0.282 e. The number of hydrogen-bond donors (Lipinski definition) is 1. The monoisotopic (exact) mass is 468 g/mol. The van der Waals surface area contributed by atoms with E-state index in [2.05, 4.69) is 11.1 Å². The van der Waals surface area contributed by atoms with Gasteiger partial charge in [-0.15, -0.1) is 22.7 Å². The Kier molecular flexibility index (Phi) is 5.56. The van der Waals surface area contributed by atoms with Gasteiger partial charge in [0.15, 0.2) is 5.16 Å². The smallest absolute Gasteiger partial charge is 0.282 e. The number of benzene rings is 1. The summed E-state index contributed by atoms with van der Waals surface area (Å²) in [6.45, 7) is 0.759. The SMILES string of the molecule is Nn1c(SCC(=O)N2CCCC2c2cccs2)nc2scc(-c3ccccc3)c2c1=O. The number of thioether (sulfide) groups is 1. The van der Waals surface area contributed by atoms with E-state index in [0.717, 1.165) is 35.2 Å². The number of aromatic nitrogens is 2. The lowest BCUT2D eigenvalue weighted by Crippen LogP contribution is -2.33. The van der Waals surface area contributed by atoms with Gasteiger partial charge in [-0.1, -0.05) is 48.2 Å². The summed E-state index contributed by atoms with van der Waals surface area (Å²) in [6, 6.07) is 14.0. The molecule has 1 aromatic carbocycles. The normalized spacial score (nSPS) is 16.3. The quantitative estimate of drug-likeness (QED) is 0.267. The molecular formula is C22H20N4O2S3. The molecule has 9 heteroatoms. The van der Waals surface area contributed by atoms with Crippen LogP contribution in [0.4, 0.5) is 0 Å². The Morgan fingerprint density at radius 2 is 2.03 bits per heavy atom. The number of thiophene rings is 2. The summed E-state index contributed by atoms with van der Waals surface area (Å²) < 4.78 is 1.07. The topological polar surface area (TPSA) is 81.2 Å². The first-order chi connectivity index (χ1) is 15.1. The van der Waals surface area contributed by atoms with Crippen LogP contribution in [-0.2, 0) is 4.79 Å². The first-order valence-corrected chi connectivity index (χ1v) is 12.7. The Morgan fingerprint density at radius 3 is 2.81 bits per heavy atom. The van der Waals surface area contributed by atoms with E-state index in [0.29, 0.717) is 15.4 Å². The van der Waals surface area contributed by atoms with Gasteiger partial charge >= 0.3 is 0 Å². The Hall–Kier alpha value is -2.62. The van der Waals surface area contributed by atoms with Gasteiger partial charge in [-0.25, -0.2) is 9.66 Å². The molecule has 4 heterocycles. The molecule has 5 rings (SSSR count). The van der Waals surface area contributed by atoms with E-state index < -0.39 is 0 Å². The van der Waals surface area contributed by atoms with Crippen molar-refractivity contribution >= 4 is 50.6 Å². The van der Waals surface area contributed by atoms with Crippen molar-refractivity contribution in [2.45, 2.75) is 24.0 Å². The highest BCUT2D eigenvalue weighted by molar-refractivity contribution is 7.99. The van der Waals surface area contributed by atoms with E-state index in [4.69, 9.17) is 5.84 Å². The van der Waals surface area contributed by atoms with Gasteiger partial charge in [0.05, 0.1) is 17.2 Å². The minimum absolute atomic E-state index is 0.0476. The van der Waals surface area contributed by atoms with Crippen LogP contribution in [0.1, 0.15) is 23.8 Å². The summed E-state index contributed by atoms with van der Waals surface area (Å²) in [5.74, 6) is 6.35. The lowest BCUT2D eigenvalue weighted by molar-refractivity contribution is -0.129. The summed E-state index contributed by atoms with van der Waals surface area (Å²) >= 11 is 4.32. The van der Waals surface area contributed by atoms with Gasteiger partial charge in [0.2, 0.25) is 5.91 Å². The van der Waals surface area contributed by atoms with Crippen molar-refractivity contribution in [1.82, 2.24) is 14.6 Å². The second kappa shape index (κ2) is 8.49. The minimum atomic E-state index is -0.294. The third-order valence-corrected chi connectivity index (χ3v) is 8.25. The van der Waals surface area contributed by atoms with Crippen molar-refractivity contribution in [3.8, 4) is 11.1 Å². The molecule has 1 aliphatic heterocycles. The molecule has 31 heavy (non-hydrogen) atoms. The Balaban J connectivity index is 1.38. The van der Waals surface area contributed by atoms with Gasteiger partial charge < -0.3 is 10.7 Å². The fourth-order valence-corrected chi connectivity index (χ4v) is 6.63. The number of likely N-dealkylation sites (tertiary alicyclic amines) is 1. The van der Waals surface area contributed by atoms with Crippen LogP contribution in [0.25, 0.3) is 21.3 Å². The predicted molar refractivity (Wildman–Crippen MR) is 128 cm³/mol. The average Bonchev–Trinajstić information content (AvgIpc) is 3.55. The molecule has 0 bridgehead atoms. The van der Waals surface area contributed by atoms with E-state index in [1.54, 1.807) is 11.3 Å². The molecule has 3 aromatic heterocycles. The number of carbonyl (C=O) groups excluding carboxylic acids is 1. The van der Waals surface area contributed by atoms with Crippen molar-refractivity contribution in [3.05, 3.63) is 68.5 Å². The number of hydrogen-bond acceptors (Lipinski definition) is 7. The van der Waals surface area contributed by atoms with E-state index in [-0.39, 0.29) is 23.3 Å². The first-order valence-electron chi connectivity index (χ1n) is 9.94. The summed E-state index contributed by atoms with van der Waals surface area (Å²) in [7, 11) is 0. The highest BCUT2D eigenvalue weighted by atomic mass is 32.2. The second-order valence-corrected chi connectivity index (χ2v) is 10.1.